The third-order valence-corrected chi connectivity index (χ3v) is 8.42. The van der Waals surface area contributed by atoms with Crippen molar-refractivity contribution in [1.29, 1.82) is 0 Å². The van der Waals surface area contributed by atoms with E-state index in [0.717, 1.165) is 31.9 Å². The monoisotopic (exact) mass is 490 g/mol. The third-order valence-electron chi connectivity index (χ3n) is 6.05. The van der Waals surface area contributed by atoms with Crippen LogP contribution >= 0.6 is 22.7 Å². The second kappa shape index (κ2) is 8.01. The molecule has 0 saturated heterocycles. The van der Waals surface area contributed by atoms with Crippen molar-refractivity contribution in [2.24, 2.45) is 5.73 Å². The Hall–Kier alpha value is -3.07. The number of hydrogen-bond donors (Lipinski definition) is 3. The standard InChI is InChI=1S/C26H26N4O2S2/c1-25(2)13-16-20(22(27)31)24(34-21(16)26(3,4)30-25)29-23(32)15-12-18(19-10-7-11-33-19)28-17-9-6-5-8-14(15)17/h5-12,30H,13H2,1-4H3,(H2,27,31)(H,29,32). The van der Waals surface area contributed by atoms with Crippen LogP contribution in [0.3, 0.4) is 0 Å². The van der Waals surface area contributed by atoms with Gasteiger partial charge in [-0.05, 0) is 63.3 Å². The maximum atomic E-state index is 13.6. The van der Waals surface area contributed by atoms with Gasteiger partial charge in [-0.1, -0.05) is 24.3 Å². The van der Waals surface area contributed by atoms with E-state index in [1.54, 1.807) is 11.3 Å². The zero-order chi connectivity index (χ0) is 24.3. The fraction of sp³-hybridized carbons (Fsp3) is 0.269. The lowest BCUT2D eigenvalue weighted by molar-refractivity contribution is 0.0999. The van der Waals surface area contributed by atoms with Gasteiger partial charge in [0.05, 0.1) is 27.2 Å². The van der Waals surface area contributed by atoms with Crippen LogP contribution in [0, 0.1) is 0 Å². The van der Waals surface area contributed by atoms with E-state index >= 15 is 0 Å². The number of anilines is 1. The number of nitrogens with zero attached hydrogens (tertiary/aromatic N) is 1. The average Bonchev–Trinajstić information content (AvgIpc) is 3.40. The Bertz CT molecular complexity index is 1430. The number of nitrogens with two attached hydrogens (primary N) is 1. The number of thiophene rings is 2. The van der Waals surface area contributed by atoms with Crippen LogP contribution in [0.4, 0.5) is 5.00 Å². The first kappa shape index (κ1) is 22.7. The van der Waals surface area contributed by atoms with Gasteiger partial charge in [-0.2, -0.15) is 0 Å². The summed E-state index contributed by atoms with van der Waals surface area (Å²) in [4.78, 5) is 33.0. The third kappa shape index (κ3) is 3.91. The summed E-state index contributed by atoms with van der Waals surface area (Å²) in [5, 5.41) is 9.89. The molecule has 1 aromatic carbocycles. The highest BCUT2D eigenvalue weighted by molar-refractivity contribution is 7.17. The first-order valence-electron chi connectivity index (χ1n) is 11.1. The lowest BCUT2D eigenvalue weighted by atomic mass is 9.81. The maximum absolute atomic E-state index is 13.6. The van der Waals surface area contributed by atoms with Crippen LogP contribution in [0.5, 0.6) is 0 Å². The predicted octanol–water partition coefficient (Wildman–Crippen LogP) is 5.54. The summed E-state index contributed by atoms with van der Waals surface area (Å²) in [5.74, 6) is -0.817. The molecule has 0 saturated carbocycles. The lowest BCUT2D eigenvalue weighted by Crippen LogP contribution is -2.55. The van der Waals surface area contributed by atoms with Crippen molar-refractivity contribution in [2.45, 2.75) is 45.2 Å². The van der Waals surface area contributed by atoms with Crippen LogP contribution in [-0.4, -0.2) is 22.3 Å². The van der Waals surface area contributed by atoms with Gasteiger partial charge in [0.1, 0.15) is 5.00 Å². The Kier molecular flexibility index (Phi) is 5.35. The van der Waals surface area contributed by atoms with Crippen molar-refractivity contribution in [2.75, 3.05) is 5.32 Å². The molecule has 0 aliphatic carbocycles. The molecule has 4 N–H and O–H groups in total. The van der Waals surface area contributed by atoms with Gasteiger partial charge in [0.2, 0.25) is 0 Å². The van der Waals surface area contributed by atoms with Gasteiger partial charge in [0.15, 0.2) is 0 Å². The number of fused-ring (bicyclic) bond motifs is 2. The highest BCUT2D eigenvalue weighted by Gasteiger charge is 2.41. The van der Waals surface area contributed by atoms with E-state index in [-0.39, 0.29) is 17.0 Å². The number of nitrogens with one attached hydrogen (secondary N) is 2. The molecule has 1 aliphatic heterocycles. The number of primary amides is 1. The Balaban J connectivity index is 1.61. The maximum Gasteiger partial charge on any atom is 0.257 e. The number of rotatable bonds is 4. The molecular formula is C26H26N4O2S2. The number of benzene rings is 1. The SMILES string of the molecule is CC1(C)Cc2c(sc(NC(=O)c3cc(-c4cccs4)nc4ccccc34)c2C(N)=O)C(C)(C)N1. The summed E-state index contributed by atoms with van der Waals surface area (Å²) < 4.78 is 0. The average molecular weight is 491 g/mol. The van der Waals surface area contributed by atoms with E-state index in [9.17, 15) is 9.59 Å². The van der Waals surface area contributed by atoms with E-state index in [4.69, 9.17) is 10.7 Å². The van der Waals surface area contributed by atoms with Crippen molar-refractivity contribution < 1.29 is 9.59 Å². The Morgan fingerprint density at radius 1 is 1.12 bits per heavy atom. The molecule has 3 aromatic heterocycles. The molecule has 0 atom stereocenters. The van der Waals surface area contributed by atoms with Crippen molar-refractivity contribution in [3.05, 3.63) is 69.4 Å². The highest BCUT2D eigenvalue weighted by Crippen LogP contribution is 2.45. The Labute approximate surface area is 206 Å². The van der Waals surface area contributed by atoms with Gasteiger partial charge in [0.25, 0.3) is 11.8 Å². The molecule has 34 heavy (non-hydrogen) atoms. The molecule has 174 valence electrons. The first-order valence-corrected chi connectivity index (χ1v) is 12.8. The summed E-state index contributed by atoms with van der Waals surface area (Å²) in [5.41, 5.74) is 8.59. The molecule has 8 heteroatoms. The largest absolute Gasteiger partial charge is 0.365 e. The van der Waals surface area contributed by atoms with E-state index in [1.165, 1.54) is 11.3 Å². The van der Waals surface area contributed by atoms with Crippen LogP contribution in [0.25, 0.3) is 21.5 Å². The number of para-hydroxylation sites is 1. The quantitative estimate of drug-likeness (QED) is 0.350. The minimum atomic E-state index is -0.528. The molecule has 0 spiro atoms. The highest BCUT2D eigenvalue weighted by atomic mass is 32.1. The fourth-order valence-corrected chi connectivity index (χ4v) is 6.92. The summed E-state index contributed by atoms with van der Waals surface area (Å²) in [6.07, 6.45) is 0.650. The van der Waals surface area contributed by atoms with Crippen LogP contribution in [-0.2, 0) is 12.0 Å². The summed E-state index contributed by atoms with van der Waals surface area (Å²) in [6.45, 7) is 8.38. The smallest absolute Gasteiger partial charge is 0.257 e. The molecule has 5 rings (SSSR count). The van der Waals surface area contributed by atoms with Crippen molar-refractivity contribution >= 4 is 50.4 Å². The zero-order valence-electron chi connectivity index (χ0n) is 19.5. The van der Waals surface area contributed by atoms with Crippen molar-refractivity contribution in [1.82, 2.24) is 10.3 Å². The number of aromatic nitrogens is 1. The van der Waals surface area contributed by atoms with Gasteiger partial charge in [-0.25, -0.2) is 4.98 Å². The summed E-state index contributed by atoms with van der Waals surface area (Å²) >= 11 is 2.99. The molecular weight excluding hydrogens is 464 g/mol. The molecule has 6 nitrogen and oxygen atoms in total. The van der Waals surface area contributed by atoms with E-state index in [2.05, 4.69) is 38.3 Å². The van der Waals surface area contributed by atoms with Gasteiger partial charge in [0, 0.05) is 21.3 Å². The van der Waals surface area contributed by atoms with E-state index in [0.29, 0.717) is 22.5 Å². The molecule has 1 aliphatic rings. The van der Waals surface area contributed by atoms with Gasteiger partial charge < -0.3 is 16.4 Å². The Morgan fingerprint density at radius 3 is 2.59 bits per heavy atom. The fourth-order valence-electron chi connectivity index (χ4n) is 4.96. The number of amides is 2. The molecule has 4 heterocycles. The molecule has 0 fully saturated rings. The number of carbonyl (C=O) groups excluding carboxylic acids is 2. The minimum Gasteiger partial charge on any atom is -0.365 e. The second-order valence-corrected chi connectivity index (χ2v) is 11.8. The number of carbonyl (C=O) groups is 2. The van der Waals surface area contributed by atoms with Crippen molar-refractivity contribution in [3.63, 3.8) is 0 Å². The summed E-state index contributed by atoms with van der Waals surface area (Å²) in [7, 11) is 0. The molecule has 0 unspecified atom stereocenters. The normalized spacial score (nSPS) is 16.2. The van der Waals surface area contributed by atoms with Gasteiger partial charge in [-0.15, -0.1) is 22.7 Å². The predicted molar refractivity (Wildman–Crippen MR) is 140 cm³/mol. The first-order chi connectivity index (χ1) is 16.1. The van der Waals surface area contributed by atoms with Crippen LogP contribution < -0.4 is 16.4 Å². The summed E-state index contributed by atoms with van der Waals surface area (Å²) in [6, 6.07) is 13.3. The molecule has 0 radical (unpaired) electrons. The van der Waals surface area contributed by atoms with Crippen LogP contribution in [0.15, 0.2) is 47.8 Å². The van der Waals surface area contributed by atoms with Crippen LogP contribution in [0.1, 0.15) is 58.9 Å². The lowest BCUT2D eigenvalue weighted by Gasteiger charge is -2.42. The van der Waals surface area contributed by atoms with Crippen molar-refractivity contribution in [3.8, 4) is 10.6 Å². The van der Waals surface area contributed by atoms with Gasteiger partial charge in [-0.3, -0.25) is 9.59 Å². The molecule has 2 amide bonds. The van der Waals surface area contributed by atoms with E-state index in [1.807, 2.05) is 47.8 Å². The van der Waals surface area contributed by atoms with E-state index < -0.39 is 5.91 Å². The Morgan fingerprint density at radius 2 is 1.88 bits per heavy atom. The zero-order valence-corrected chi connectivity index (χ0v) is 21.1. The topological polar surface area (TPSA) is 97.1 Å². The minimum absolute atomic E-state index is 0.208. The second-order valence-electron chi connectivity index (χ2n) is 9.79. The van der Waals surface area contributed by atoms with Gasteiger partial charge >= 0.3 is 0 Å². The molecule has 4 aromatic rings. The number of hydrogen-bond acceptors (Lipinski definition) is 6. The molecule has 0 bridgehead atoms. The van der Waals surface area contributed by atoms with Crippen LogP contribution in [0.2, 0.25) is 0 Å². The number of pyridine rings is 1.